The first-order valence-corrected chi connectivity index (χ1v) is 12.7. The van der Waals surface area contributed by atoms with Gasteiger partial charge in [-0.25, -0.2) is 15.0 Å². The van der Waals surface area contributed by atoms with E-state index in [0.29, 0.717) is 0 Å². The Morgan fingerprint density at radius 1 is 0.879 bits per heavy atom. The molecule has 3 fully saturated rings. The number of pyridine rings is 1. The zero-order chi connectivity index (χ0) is 22.0. The molecule has 0 N–H and O–H groups in total. The predicted octanol–water partition coefficient (Wildman–Crippen LogP) is 1.94. The smallest absolute Gasteiger partial charge is 0.135 e. The molecule has 6 rings (SSSR count). The second-order valence-corrected chi connectivity index (χ2v) is 9.81. The van der Waals surface area contributed by atoms with Crippen molar-refractivity contribution in [3.05, 3.63) is 41.5 Å². The van der Waals surface area contributed by atoms with Crippen LogP contribution in [0.4, 0.5) is 11.6 Å². The Bertz CT molecular complexity index is 934. The Hall–Kier alpha value is -2.29. The lowest BCUT2D eigenvalue weighted by Crippen LogP contribution is -2.52. The van der Waals surface area contributed by atoms with Crippen molar-refractivity contribution in [1.29, 1.82) is 0 Å². The molecular formula is C25H35N7O. The summed E-state index contributed by atoms with van der Waals surface area (Å²) in [6.45, 7) is 10.8. The Kier molecular flexibility index (Phi) is 6.13. The van der Waals surface area contributed by atoms with Gasteiger partial charge in [-0.1, -0.05) is 12.5 Å². The Balaban J connectivity index is 1.08. The molecule has 0 unspecified atom stereocenters. The molecule has 0 amide bonds. The third kappa shape index (κ3) is 4.56. The number of morpholine rings is 1. The Morgan fingerprint density at radius 3 is 2.45 bits per heavy atom. The second kappa shape index (κ2) is 9.52. The summed E-state index contributed by atoms with van der Waals surface area (Å²) in [6, 6.07) is 5.22. The van der Waals surface area contributed by atoms with Crippen molar-refractivity contribution in [2.75, 3.05) is 68.8 Å². The lowest BCUT2D eigenvalue weighted by molar-refractivity contribution is 0.120. The summed E-state index contributed by atoms with van der Waals surface area (Å²) in [4.78, 5) is 24.1. The average Bonchev–Trinajstić information content (AvgIpc) is 2.84. The van der Waals surface area contributed by atoms with Crippen LogP contribution in [0.25, 0.3) is 0 Å². The van der Waals surface area contributed by atoms with E-state index in [0.717, 1.165) is 77.3 Å². The Labute approximate surface area is 196 Å². The SMILES string of the molecule is c1nc2c(c(N3CCN(C4CCC4)CC3)n1)CCN(Cc1ccc(N3CCOCC3)nc1)C2. The minimum atomic E-state index is 0.788. The first kappa shape index (κ1) is 21.3. The lowest BCUT2D eigenvalue weighted by Gasteiger charge is -2.43. The zero-order valence-corrected chi connectivity index (χ0v) is 19.5. The van der Waals surface area contributed by atoms with E-state index in [1.165, 1.54) is 55.0 Å². The molecule has 3 aliphatic heterocycles. The van der Waals surface area contributed by atoms with E-state index in [4.69, 9.17) is 14.7 Å². The van der Waals surface area contributed by atoms with E-state index in [-0.39, 0.29) is 0 Å². The van der Waals surface area contributed by atoms with Crippen LogP contribution in [0, 0.1) is 0 Å². The minimum absolute atomic E-state index is 0.788. The number of nitrogens with zero attached hydrogens (tertiary/aromatic N) is 7. The number of fused-ring (bicyclic) bond motifs is 1. The first-order chi connectivity index (χ1) is 16.3. The van der Waals surface area contributed by atoms with Crippen molar-refractivity contribution in [3.63, 3.8) is 0 Å². The van der Waals surface area contributed by atoms with Crippen LogP contribution in [-0.2, 0) is 24.2 Å². The van der Waals surface area contributed by atoms with Crippen LogP contribution >= 0.6 is 0 Å². The molecule has 1 aliphatic carbocycles. The highest BCUT2D eigenvalue weighted by atomic mass is 16.5. The number of hydrogen-bond acceptors (Lipinski definition) is 8. The number of ether oxygens (including phenoxy) is 1. The number of anilines is 2. The van der Waals surface area contributed by atoms with E-state index >= 15 is 0 Å². The minimum Gasteiger partial charge on any atom is -0.378 e. The van der Waals surface area contributed by atoms with Crippen molar-refractivity contribution < 1.29 is 4.74 Å². The maximum atomic E-state index is 5.45. The fourth-order valence-electron chi connectivity index (χ4n) is 5.60. The van der Waals surface area contributed by atoms with Crippen LogP contribution < -0.4 is 9.80 Å². The second-order valence-electron chi connectivity index (χ2n) is 9.81. The average molecular weight is 450 g/mol. The monoisotopic (exact) mass is 449 g/mol. The van der Waals surface area contributed by atoms with Gasteiger partial charge in [-0.15, -0.1) is 0 Å². The van der Waals surface area contributed by atoms with Crippen molar-refractivity contribution in [2.45, 2.75) is 44.8 Å². The maximum Gasteiger partial charge on any atom is 0.135 e. The van der Waals surface area contributed by atoms with Gasteiger partial charge in [0.2, 0.25) is 0 Å². The van der Waals surface area contributed by atoms with Crippen LogP contribution in [0.3, 0.4) is 0 Å². The largest absolute Gasteiger partial charge is 0.378 e. The Morgan fingerprint density at radius 2 is 1.73 bits per heavy atom. The van der Waals surface area contributed by atoms with Crippen LogP contribution in [0.1, 0.15) is 36.1 Å². The molecule has 33 heavy (non-hydrogen) atoms. The summed E-state index contributed by atoms with van der Waals surface area (Å²) >= 11 is 0. The fourth-order valence-corrected chi connectivity index (χ4v) is 5.60. The summed E-state index contributed by atoms with van der Waals surface area (Å²) in [5.74, 6) is 2.24. The summed E-state index contributed by atoms with van der Waals surface area (Å²) in [6.07, 6.45) is 9.03. The fraction of sp³-hybridized carbons (Fsp3) is 0.640. The molecule has 2 aromatic heterocycles. The molecule has 5 heterocycles. The molecule has 4 aliphatic rings. The molecule has 2 aromatic rings. The van der Waals surface area contributed by atoms with Crippen LogP contribution in [0.5, 0.6) is 0 Å². The van der Waals surface area contributed by atoms with E-state index < -0.39 is 0 Å². The van der Waals surface area contributed by atoms with Gasteiger partial charge < -0.3 is 14.5 Å². The van der Waals surface area contributed by atoms with Crippen LogP contribution in [-0.4, -0.2) is 89.8 Å². The van der Waals surface area contributed by atoms with Crippen molar-refractivity contribution >= 4 is 11.6 Å². The van der Waals surface area contributed by atoms with Gasteiger partial charge >= 0.3 is 0 Å². The molecule has 0 bridgehead atoms. The van der Waals surface area contributed by atoms with Crippen molar-refractivity contribution in [3.8, 4) is 0 Å². The van der Waals surface area contributed by atoms with Crippen molar-refractivity contribution in [2.24, 2.45) is 0 Å². The summed E-state index contributed by atoms with van der Waals surface area (Å²) in [5, 5.41) is 0. The van der Waals surface area contributed by atoms with Gasteiger partial charge in [0, 0.05) is 76.7 Å². The number of rotatable bonds is 5. The highest BCUT2D eigenvalue weighted by molar-refractivity contribution is 5.50. The molecule has 176 valence electrons. The molecule has 8 heteroatoms. The standard InChI is InChI=1S/C25H35N7O/c1-2-21(3-1)30-8-10-32(11-9-30)25-22-6-7-29(18-23(22)27-19-28-25)17-20-4-5-24(26-16-20)31-12-14-33-15-13-31/h4-5,16,19,21H,1-3,6-15,17-18H2. The summed E-state index contributed by atoms with van der Waals surface area (Å²) in [7, 11) is 0. The van der Waals surface area contributed by atoms with Crippen molar-refractivity contribution in [1.82, 2.24) is 24.8 Å². The highest BCUT2D eigenvalue weighted by Gasteiger charge is 2.30. The van der Waals surface area contributed by atoms with Crippen LogP contribution in [0.15, 0.2) is 24.7 Å². The van der Waals surface area contributed by atoms with E-state index in [1.54, 1.807) is 6.33 Å². The number of piperazine rings is 1. The molecule has 8 nitrogen and oxygen atoms in total. The molecule has 1 saturated carbocycles. The van der Waals surface area contributed by atoms with Gasteiger partial charge in [0.15, 0.2) is 0 Å². The quantitative estimate of drug-likeness (QED) is 0.687. The van der Waals surface area contributed by atoms with E-state index in [2.05, 4.69) is 36.7 Å². The maximum absolute atomic E-state index is 5.45. The number of aromatic nitrogens is 3. The van der Waals surface area contributed by atoms with Crippen LogP contribution in [0.2, 0.25) is 0 Å². The lowest BCUT2D eigenvalue weighted by atomic mass is 9.91. The van der Waals surface area contributed by atoms with Gasteiger partial charge in [0.05, 0.1) is 18.9 Å². The normalized spacial score (nSPS) is 22.8. The van der Waals surface area contributed by atoms with Gasteiger partial charge in [-0.05, 0) is 30.9 Å². The zero-order valence-electron chi connectivity index (χ0n) is 19.5. The third-order valence-corrected chi connectivity index (χ3v) is 7.82. The van der Waals surface area contributed by atoms with E-state index in [9.17, 15) is 0 Å². The molecule has 0 spiro atoms. The molecular weight excluding hydrogens is 414 g/mol. The van der Waals surface area contributed by atoms with Gasteiger partial charge in [-0.3, -0.25) is 9.80 Å². The van der Waals surface area contributed by atoms with Gasteiger partial charge in [0.1, 0.15) is 18.0 Å². The molecule has 2 saturated heterocycles. The summed E-state index contributed by atoms with van der Waals surface area (Å²) in [5.41, 5.74) is 3.83. The number of hydrogen-bond donors (Lipinski definition) is 0. The molecule has 0 atom stereocenters. The van der Waals surface area contributed by atoms with E-state index in [1.807, 2.05) is 6.20 Å². The topological polar surface area (TPSA) is 60.9 Å². The third-order valence-electron chi connectivity index (χ3n) is 7.82. The first-order valence-electron chi connectivity index (χ1n) is 12.7. The highest BCUT2D eigenvalue weighted by Crippen LogP contribution is 2.29. The molecule has 0 radical (unpaired) electrons. The van der Waals surface area contributed by atoms with Gasteiger partial charge in [-0.2, -0.15) is 0 Å². The predicted molar refractivity (Wildman–Crippen MR) is 129 cm³/mol. The molecule has 0 aromatic carbocycles. The summed E-state index contributed by atoms with van der Waals surface area (Å²) < 4.78 is 5.45. The van der Waals surface area contributed by atoms with Gasteiger partial charge in [0.25, 0.3) is 0 Å².